The number of hydrogen-bond acceptors (Lipinski definition) is 5. The largest absolute Gasteiger partial charge is 0.487 e. The molecule has 3 amide bonds. The fourth-order valence-electron chi connectivity index (χ4n) is 3.11. The first kappa shape index (κ1) is 23.3. The molecule has 3 aromatic rings. The summed E-state index contributed by atoms with van der Waals surface area (Å²) in [4.78, 5) is 35.4. The maximum absolute atomic E-state index is 12.6. The lowest BCUT2D eigenvalue weighted by atomic mass is 10.1. The molecule has 0 aliphatic carbocycles. The van der Waals surface area contributed by atoms with E-state index in [4.69, 9.17) is 4.74 Å². The number of carbonyl (C=O) groups is 2. The zero-order valence-electron chi connectivity index (χ0n) is 18.2. The normalized spacial score (nSPS) is 11.2. The molecule has 33 heavy (non-hydrogen) atoms. The molecule has 170 valence electrons. The maximum Gasteiger partial charge on any atom is 0.323 e. The van der Waals surface area contributed by atoms with Gasteiger partial charge in [0.2, 0.25) is 0 Å². The molecular formula is C24H24N4O5. The van der Waals surface area contributed by atoms with Crippen LogP contribution >= 0.6 is 0 Å². The predicted octanol–water partition coefficient (Wildman–Crippen LogP) is 5.13. The fraction of sp³-hybridized carbons (Fsp3) is 0.167. The third-order valence-electron chi connectivity index (χ3n) is 4.77. The summed E-state index contributed by atoms with van der Waals surface area (Å²) in [5, 5.41) is 19.6. The number of urea groups is 1. The number of benzene rings is 3. The summed E-state index contributed by atoms with van der Waals surface area (Å²) in [7, 11) is 0. The second-order valence-corrected chi connectivity index (χ2v) is 7.13. The van der Waals surface area contributed by atoms with Gasteiger partial charge in [0, 0.05) is 23.0 Å². The van der Waals surface area contributed by atoms with E-state index in [1.54, 1.807) is 50.2 Å². The molecule has 3 N–H and O–H groups in total. The van der Waals surface area contributed by atoms with Crippen molar-refractivity contribution in [1.29, 1.82) is 0 Å². The Labute approximate surface area is 190 Å². The van der Waals surface area contributed by atoms with Crippen LogP contribution in [0, 0.1) is 10.1 Å². The Bertz CT molecular complexity index is 1130. The van der Waals surface area contributed by atoms with E-state index in [1.165, 1.54) is 18.2 Å². The molecule has 0 saturated heterocycles. The minimum absolute atomic E-state index is 0.117. The Morgan fingerprint density at radius 1 is 0.970 bits per heavy atom. The summed E-state index contributed by atoms with van der Waals surface area (Å²) in [6.45, 7) is 3.80. The Morgan fingerprint density at radius 2 is 1.61 bits per heavy atom. The topological polar surface area (TPSA) is 123 Å². The van der Waals surface area contributed by atoms with Gasteiger partial charge in [0.25, 0.3) is 5.91 Å². The first-order chi connectivity index (χ1) is 15.9. The van der Waals surface area contributed by atoms with Crippen LogP contribution in [0.25, 0.3) is 0 Å². The van der Waals surface area contributed by atoms with Crippen molar-refractivity contribution in [3.63, 3.8) is 0 Å². The number of amides is 3. The third kappa shape index (κ3) is 6.30. The third-order valence-corrected chi connectivity index (χ3v) is 4.77. The lowest BCUT2D eigenvalue weighted by Crippen LogP contribution is -2.26. The number of rotatable bonds is 8. The Morgan fingerprint density at radius 3 is 2.21 bits per heavy atom. The summed E-state index contributed by atoms with van der Waals surface area (Å²) in [5.41, 5.74) is 1.97. The first-order valence-electron chi connectivity index (χ1n) is 10.3. The highest BCUT2D eigenvalue weighted by molar-refractivity contribution is 5.99. The number of nitro benzene ring substituents is 1. The molecule has 1 unspecified atom stereocenters. The van der Waals surface area contributed by atoms with E-state index < -0.39 is 10.8 Å². The molecule has 9 nitrogen and oxygen atoms in total. The molecule has 0 radical (unpaired) electrons. The monoisotopic (exact) mass is 448 g/mol. The number of carbonyl (C=O) groups excluding carboxylic acids is 2. The molecule has 3 rings (SSSR count). The fourth-order valence-corrected chi connectivity index (χ4v) is 3.11. The second-order valence-electron chi connectivity index (χ2n) is 7.13. The Hall–Kier alpha value is -4.40. The summed E-state index contributed by atoms with van der Waals surface area (Å²) >= 11 is 0. The van der Waals surface area contributed by atoms with Crippen LogP contribution in [-0.4, -0.2) is 23.5 Å². The van der Waals surface area contributed by atoms with Crippen LogP contribution in [0.3, 0.4) is 0 Å². The Balaban J connectivity index is 1.61. The number of ether oxygens (including phenoxy) is 1. The van der Waals surface area contributed by atoms with Crippen molar-refractivity contribution in [1.82, 2.24) is 5.32 Å². The molecule has 0 fully saturated rings. The molecule has 0 aromatic heterocycles. The van der Waals surface area contributed by atoms with Crippen LogP contribution in [0.5, 0.6) is 5.75 Å². The minimum atomic E-state index is -0.579. The quantitative estimate of drug-likeness (QED) is 0.326. The van der Waals surface area contributed by atoms with Gasteiger partial charge in [0.1, 0.15) is 0 Å². The molecule has 3 aromatic carbocycles. The maximum atomic E-state index is 12.6. The SMILES string of the molecule is CCOc1ccc(C(=O)NC(C)c2ccc(NC(=O)Nc3ccccc3)cc2)cc1[N+](=O)[O-]. The zero-order valence-corrected chi connectivity index (χ0v) is 18.2. The Kier molecular flexibility index (Phi) is 7.59. The van der Waals surface area contributed by atoms with E-state index >= 15 is 0 Å². The summed E-state index contributed by atoms with van der Waals surface area (Å²) in [5.74, 6) is -0.329. The van der Waals surface area contributed by atoms with Crippen molar-refractivity contribution in [2.45, 2.75) is 19.9 Å². The number of hydrogen-bond donors (Lipinski definition) is 3. The van der Waals surface area contributed by atoms with E-state index in [0.29, 0.717) is 11.4 Å². The molecule has 9 heteroatoms. The van der Waals surface area contributed by atoms with Crippen molar-refractivity contribution in [3.05, 3.63) is 94.0 Å². The first-order valence-corrected chi connectivity index (χ1v) is 10.3. The van der Waals surface area contributed by atoms with Gasteiger partial charge < -0.3 is 20.7 Å². The molecule has 0 bridgehead atoms. The van der Waals surface area contributed by atoms with E-state index in [2.05, 4.69) is 16.0 Å². The van der Waals surface area contributed by atoms with Crippen LogP contribution in [0.15, 0.2) is 72.8 Å². The number of anilines is 2. The van der Waals surface area contributed by atoms with Crippen LogP contribution in [0.4, 0.5) is 21.9 Å². The second kappa shape index (κ2) is 10.8. The van der Waals surface area contributed by atoms with Crippen LogP contribution in [0.1, 0.15) is 35.8 Å². The highest BCUT2D eigenvalue weighted by atomic mass is 16.6. The number of para-hydroxylation sites is 1. The average Bonchev–Trinajstić information content (AvgIpc) is 2.80. The van der Waals surface area contributed by atoms with Gasteiger partial charge in [0.15, 0.2) is 5.75 Å². The van der Waals surface area contributed by atoms with Crippen molar-refractivity contribution < 1.29 is 19.2 Å². The predicted molar refractivity (Wildman–Crippen MR) is 126 cm³/mol. The van der Waals surface area contributed by atoms with Crippen LogP contribution in [-0.2, 0) is 0 Å². The van der Waals surface area contributed by atoms with Crippen molar-refractivity contribution in [3.8, 4) is 5.75 Å². The molecule has 0 spiro atoms. The molecule has 0 aliphatic heterocycles. The minimum Gasteiger partial charge on any atom is -0.487 e. The van der Waals surface area contributed by atoms with Crippen LogP contribution < -0.4 is 20.7 Å². The van der Waals surface area contributed by atoms with E-state index in [-0.39, 0.29) is 35.7 Å². The molecule has 0 saturated carbocycles. The lowest BCUT2D eigenvalue weighted by molar-refractivity contribution is -0.385. The smallest absolute Gasteiger partial charge is 0.323 e. The lowest BCUT2D eigenvalue weighted by Gasteiger charge is -2.15. The van der Waals surface area contributed by atoms with Gasteiger partial charge in [-0.1, -0.05) is 30.3 Å². The van der Waals surface area contributed by atoms with Gasteiger partial charge in [-0.05, 0) is 55.8 Å². The van der Waals surface area contributed by atoms with Gasteiger partial charge in [0.05, 0.1) is 17.6 Å². The molecule has 1 atom stereocenters. The number of nitrogens with one attached hydrogen (secondary N) is 3. The van der Waals surface area contributed by atoms with Crippen molar-refractivity contribution >= 4 is 29.0 Å². The van der Waals surface area contributed by atoms with Crippen molar-refractivity contribution in [2.75, 3.05) is 17.2 Å². The summed E-state index contributed by atoms with van der Waals surface area (Å²) in [6.07, 6.45) is 0. The standard InChI is InChI=1S/C24H24N4O5/c1-3-33-22-14-11-18(15-21(22)28(31)32)23(29)25-16(2)17-9-12-20(13-10-17)27-24(30)26-19-7-5-4-6-8-19/h4-16H,3H2,1-2H3,(H,25,29)(H2,26,27,30). The highest BCUT2D eigenvalue weighted by Crippen LogP contribution is 2.28. The van der Waals surface area contributed by atoms with E-state index in [0.717, 1.165) is 5.56 Å². The highest BCUT2D eigenvalue weighted by Gasteiger charge is 2.20. The van der Waals surface area contributed by atoms with Gasteiger partial charge in [-0.2, -0.15) is 0 Å². The molecule has 0 heterocycles. The average molecular weight is 448 g/mol. The van der Waals surface area contributed by atoms with Gasteiger partial charge in [-0.25, -0.2) is 4.79 Å². The number of nitro groups is 1. The van der Waals surface area contributed by atoms with Crippen LogP contribution in [0.2, 0.25) is 0 Å². The van der Waals surface area contributed by atoms with Crippen molar-refractivity contribution in [2.24, 2.45) is 0 Å². The summed E-state index contributed by atoms with van der Waals surface area (Å²) in [6, 6.07) is 19.5. The van der Waals surface area contributed by atoms with Gasteiger partial charge in [-0.3, -0.25) is 14.9 Å². The van der Waals surface area contributed by atoms with Gasteiger partial charge in [-0.15, -0.1) is 0 Å². The number of nitrogens with zero attached hydrogens (tertiary/aromatic N) is 1. The van der Waals surface area contributed by atoms with E-state index in [1.807, 2.05) is 18.2 Å². The van der Waals surface area contributed by atoms with Gasteiger partial charge >= 0.3 is 11.7 Å². The molecular weight excluding hydrogens is 424 g/mol. The molecule has 0 aliphatic rings. The van der Waals surface area contributed by atoms with E-state index in [9.17, 15) is 19.7 Å². The zero-order chi connectivity index (χ0) is 23.8. The summed E-state index contributed by atoms with van der Waals surface area (Å²) < 4.78 is 5.25.